The van der Waals surface area contributed by atoms with Crippen LogP contribution in [-0.4, -0.2) is 14.8 Å². The summed E-state index contributed by atoms with van der Waals surface area (Å²) in [6.07, 6.45) is 1.61. The smallest absolute Gasteiger partial charge is 0.106 e. The minimum Gasteiger partial charge on any atom is -0.270 e. The van der Waals surface area contributed by atoms with Crippen LogP contribution in [0.3, 0.4) is 0 Å². The number of nitrogens with two attached hydrogens (primary N) is 1. The Bertz CT molecular complexity index is 776. The van der Waals surface area contributed by atoms with Gasteiger partial charge in [0.1, 0.15) is 6.04 Å². The molecule has 1 aromatic carbocycles. The van der Waals surface area contributed by atoms with E-state index in [1.165, 1.54) is 0 Å². The van der Waals surface area contributed by atoms with Crippen LogP contribution in [0.4, 0.5) is 0 Å². The van der Waals surface area contributed by atoms with Crippen LogP contribution >= 0.6 is 11.6 Å². The minimum atomic E-state index is -0.312. The van der Waals surface area contributed by atoms with E-state index < -0.39 is 0 Å². The highest BCUT2D eigenvalue weighted by Gasteiger charge is 2.22. The summed E-state index contributed by atoms with van der Waals surface area (Å²) >= 11 is 6.22. The predicted octanol–water partition coefficient (Wildman–Crippen LogP) is 2.48. The first-order valence-electron chi connectivity index (χ1n) is 6.61. The van der Waals surface area contributed by atoms with Crippen LogP contribution < -0.4 is 11.3 Å². The van der Waals surface area contributed by atoms with Gasteiger partial charge in [-0.2, -0.15) is 5.10 Å². The molecule has 0 aliphatic carbocycles. The molecule has 0 aliphatic rings. The van der Waals surface area contributed by atoms with Gasteiger partial charge in [0, 0.05) is 12.4 Å². The Balaban J connectivity index is 2.18. The van der Waals surface area contributed by atoms with E-state index in [0.29, 0.717) is 5.02 Å². The van der Waals surface area contributed by atoms with Crippen LogP contribution in [0.2, 0.25) is 5.02 Å². The standard InChI is InChI=1S/C15H16ClN5/c1-9-7-13(19-12-6-4-3-5-10(9)12)14(20-17)15-11(16)8-18-21(15)2/h3-8,14,20H,17H2,1-2H3. The molecule has 1 atom stereocenters. The van der Waals surface area contributed by atoms with E-state index in [0.717, 1.165) is 27.9 Å². The molecule has 2 aromatic heterocycles. The second kappa shape index (κ2) is 5.44. The van der Waals surface area contributed by atoms with E-state index in [1.54, 1.807) is 10.9 Å². The van der Waals surface area contributed by atoms with Crippen molar-refractivity contribution in [1.82, 2.24) is 20.2 Å². The molecule has 0 aliphatic heterocycles. The molecule has 0 amide bonds. The zero-order valence-electron chi connectivity index (χ0n) is 11.8. The molecule has 108 valence electrons. The summed E-state index contributed by atoms with van der Waals surface area (Å²) in [5.74, 6) is 5.74. The zero-order valence-corrected chi connectivity index (χ0v) is 12.6. The normalized spacial score (nSPS) is 12.8. The molecule has 5 nitrogen and oxygen atoms in total. The fraction of sp³-hybridized carbons (Fsp3) is 0.200. The molecule has 6 heteroatoms. The van der Waals surface area contributed by atoms with Crippen molar-refractivity contribution in [3.63, 3.8) is 0 Å². The third-order valence-electron chi connectivity index (χ3n) is 3.62. The molecular formula is C15H16ClN5. The van der Waals surface area contributed by atoms with Crippen molar-refractivity contribution >= 4 is 22.5 Å². The highest BCUT2D eigenvalue weighted by molar-refractivity contribution is 6.31. The molecular weight excluding hydrogens is 286 g/mol. The molecule has 0 spiro atoms. The zero-order chi connectivity index (χ0) is 15.0. The highest BCUT2D eigenvalue weighted by Crippen LogP contribution is 2.28. The number of nitrogens with zero attached hydrogens (tertiary/aromatic N) is 3. The van der Waals surface area contributed by atoms with Crippen LogP contribution in [0.15, 0.2) is 36.5 Å². The third-order valence-corrected chi connectivity index (χ3v) is 3.91. The monoisotopic (exact) mass is 301 g/mol. The lowest BCUT2D eigenvalue weighted by Crippen LogP contribution is -2.31. The first-order chi connectivity index (χ1) is 10.1. The lowest BCUT2D eigenvalue weighted by Gasteiger charge is -2.18. The molecule has 21 heavy (non-hydrogen) atoms. The summed E-state index contributed by atoms with van der Waals surface area (Å²) in [7, 11) is 1.83. The van der Waals surface area contributed by atoms with Crippen molar-refractivity contribution in [2.24, 2.45) is 12.9 Å². The lowest BCUT2D eigenvalue weighted by molar-refractivity contribution is 0.565. The number of pyridine rings is 1. The van der Waals surface area contributed by atoms with Gasteiger partial charge >= 0.3 is 0 Å². The molecule has 0 bridgehead atoms. The van der Waals surface area contributed by atoms with Crippen LogP contribution in [0.5, 0.6) is 0 Å². The maximum atomic E-state index is 6.22. The molecule has 0 saturated heterocycles. The van der Waals surface area contributed by atoms with Gasteiger partial charge < -0.3 is 0 Å². The Morgan fingerprint density at radius 2 is 2.10 bits per heavy atom. The second-order valence-corrected chi connectivity index (χ2v) is 5.39. The number of aryl methyl sites for hydroxylation is 2. The van der Waals surface area contributed by atoms with E-state index in [4.69, 9.17) is 22.4 Å². The lowest BCUT2D eigenvalue weighted by atomic mass is 10.0. The molecule has 3 aromatic rings. The first kappa shape index (κ1) is 14.0. The number of aromatic nitrogens is 3. The Morgan fingerprint density at radius 3 is 2.76 bits per heavy atom. The number of hydrazine groups is 1. The van der Waals surface area contributed by atoms with Crippen molar-refractivity contribution in [3.05, 3.63) is 58.5 Å². The van der Waals surface area contributed by atoms with Gasteiger partial charge in [0.25, 0.3) is 0 Å². The highest BCUT2D eigenvalue weighted by atomic mass is 35.5. The van der Waals surface area contributed by atoms with Crippen LogP contribution in [0.25, 0.3) is 10.9 Å². The number of benzene rings is 1. The Labute approximate surface area is 127 Å². The topological polar surface area (TPSA) is 68.8 Å². The summed E-state index contributed by atoms with van der Waals surface area (Å²) in [4.78, 5) is 4.70. The minimum absolute atomic E-state index is 0.312. The Hall–Kier alpha value is -1.95. The summed E-state index contributed by atoms with van der Waals surface area (Å²) < 4.78 is 1.71. The SMILES string of the molecule is Cc1cc(C(NN)c2c(Cl)cnn2C)nc2ccccc12. The van der Waals surface area contributed by atoms with E-state index in [2.05, 4.69) is 23.5 Å². The van der Waals surface area contributed by atoms with Crippen molar-refractivity contribution in [1.29, 1.82) is 0 Å². The Morgan fingerprint density at radius 1 is 1.33 bits per heavy atom. The second-order valence-electron chi connectivity index (χ2n) is 4.98. The number of rotatable bonds is 3. The van der Waals surface area contributed by atoms with Gasteiger partial charge in [-0.15, -0.1) is 0 Å². The molecule has 0 radical (unpaired) electrons. The van der Waals surface area contributed by atoms with Gasteiger partial charge in [-0.3, -0.25) is 15.5 Å². The van der Waals surface area contributed by atoms with Crippen LogP contribution in [0.1, 0.15) is 23.0 Å². The molecule has 2 heterocycles. The van der Waals surface area contributed by atoms with Crippen molar-refractivity contribution in [2.75, 3.05) is 0 Å². The summed E-state index contributed by atoms with van der Waals surface area (Å²) in [6.45, 7) is 2.06. The molecule has 3 N–H and O–H groups in total. The fourth-order valence-corrected chi connectivity index (χ4v) is 2.85. The quantitative estimate of drug-likeness (QED) is 0.576. The molecule has 3 rings (SSSR count). The van der Waals surface area contributed by atoms with E-state index in [-0.39, 0.29) is 6.04 Å². The van der Waals surface area contributed by atoms with Crippen molar-refractivity contribution in [2.45, 2.75) is 13.0 Å². The van der Waals surface area contributed by atoms with Gasteiger partial charge in [0.05, 0.1) is 28.1 Å². The summed E-state index contributed by atoms with van der Waals surface area (Å²) in [6, 6.07) is 9.74. The summed E-state index contributed by atoms with van der Waals surface area (Å²) in [5, 5.41) is 5.85. The maximum absolute atomic E-state index is 6.22. The van der Waals surface area contributed by atoms with Gasteiger partial charge in [0.2, 0.25) is 0 Å². The van der Waals surface area contributed by atoms with Gasteiger partial charge in [-0.05, 0) is 24.6 Å². The number of para-hydroxylation sites is 1. The van der Waals surface area contributed by atoms with E-state index in [1.807, 2.05) is 31.3 Å². The predicted molar refractivity (Wildman–Crippen MR) is 83.9 cm³/mol. The van der Waals surface area contributed by atoms with Crippen LogP contribution in [-0.2, 0) is 7.05 Å². The average molecular weight is 302 g/mol. The first-order valence-corrected chi connectivity index (χ1v) is 6.99. The summed E-state index contributed by atoms with van der Waals surface area (Å²) in [5.41, 5.74) is 6.48. The average Bonchev–Trinajstić information content (AvgIpc) is 2.81. The van der Waals surface area contributed by atoms with Gasteiger partial charge in [-0.1, -0.05) is 29.8 Å². The van der Waals surface area contributed by atoms with Gasteiger partial charge in [0.15, 0.2) is 0 Å². The van der Waals surface area contributed by atoms with Crippen molar-refractivity contribution < 1.29 is 0 Å². The number of hydrogen-bond donors (Lipinski definition) is 2. The van der Waals surface area contributed by atoms with Crippen molar-refractivity contribution in [3.8, 4) is 0 Å². The largest absolute Gasteiger partial charge is 0.270 e. The fourth-order valence-electron chi connectivity index (χ4n) is 2.57. The molecule has 0 fully saturated rings. The van der Waals surface area contributed by atoms with E-state index in [9.17, 15) is 0 Å². The van der Waals surface area contributed by atoms with Gasteiger partial charge in [-0.25, -0.2) is 5.43 Å². The third kappa shape index (κ3) is 2.40. The number of fused-ring (bicyclic) bond motifs is 1. The number of hydrogen-bond acceptors (Lipinski definition) is 4. The van der Waals surface area contributed by atoms with Crippen LogP contribution in [0, 0.1) is 6.92 Å². The van der Waals surface area contributed by atoms with E-state index >= 15 is 0 Å². The molecule has 0 saturated carbocycles. The Kier molecular flexibility index (Phi) is 3.63. The number of nitrogens with one attached hydrogen (secondary N) is 1. The number of halogens is 1. The maximum Gasteiger partial charge on any atom is 0.106 e. The molecule has 1 unspecified atom stereocenters.